The molecule has 1 unspecified atom stereocenters. The molecule has 1 aliphatic heterocycles. The molecule has 0 fully saturated rings. The summed E-state index contributed by atoms with van der Waals surface area (Å²) in [6, 6.07) is 15.9. The number of Topliss-reactive ketones (excluding diaryl/α,β-unsaturated/α-hetero) is 1. The van der Waals surface area contributed by atoms with Crippen LogP contribution in [0.1, 0.15) is 27.7 Å². The Balaban J connectivity index is 1.83. The third kappa shape index (κ3) is 3.66. The highest BCUT2D eigenvalue weighted by atomic mass is 16.5. The monoisotopic (exact) mass is 431 g/mol. The van der Waals surface area contributed by atoms with Crippen LogP contribution in [0.25, 0.3) is 0 Å². The number of hydrogen-bond donors (Lipinski definition) is 1. The SMILES string of the molecule is COc1ccc(C(=O)C2=C(O)C(=O)N(c3ccc(C)nn3)C2c2ccc(OC)cc2)cc1. The highest BCUT2D eigenvalue weighted by Crippen LogP contribution is 2.41. The van der Waals surface area contributed by atoms with Gasteiger partial charge in [-0.3, -0.25) is 14.5 Å². The molecule has 8 heteroatoms. The van der Waals surface area contributed by atoms with Gasteiger partial charge in [-0.2, -0.15) is 5.10 Å². The lowest BCUT2D eigenvalue weighted by Gasteiger charge is -2.25. The minimum Gasteiger partial charge on any atom is -0.503 e. The van der Waals surface area contributed by atoms with Gasteiger partial charge in [-0.1, -0.05) is 12.1 Å². The lowest BCUT2D eigenvalue weighted by atomic mass is 9.92. The first-order valence-corrected chi connectivity index (χ1v) is 9.84. The fourth-order valence-electron chi connectivity index (χ4n) is 3.59. The van der Waals surface area contributed by atoms with Gasteiger partial charge in [0.2, 0.25) is 0 Å². The number of ketones is 1. The van der Waals surface area contributed by atoms with Crippen molar-refractivity contribution in [1.82, 2.24) is 10.2 Å². The maximum Gasteiger partial charge on any atom is 0.295 e. The summed E-state index contributed by atoms with van der Waals surface area (Å²) in [5, 5.41) is 18.9. The van der Waals surface area contributed by atoms with Crippen LogP contribution in [0, 0.1) is 6.92 Å². The van der Waals surface area contributed by atoms with Crippen LogP contribution in [0.2, 0.25) is 0 Å². The first-order chi connectivity index (χ1) is 15.4. The number of benzene rings is 2. The van der Waals surface area contributed by atoms with Gasteiger partial charge in [0, 0.05) is 5.56 Å². The molecule has 1 amide bonds. The van der Waals surface area contributed by atoms with Crippen LogP contribution in [-0.4, -0.2) is 41.2 Å². The van der Waals surface area contributed by atoms with Crippen LogP contribution >= 0.6 is 0 Å². The molecule has 4 rings (SSSR count). The molecule has 1 aromatic heterocycles. The molecule has 0 aliphatic carbocycles. The maximum atomic E-state index is 13.4. The van der Waals surface area contributed by atoms with E-state index in [1.165, 1.54) is 12.0 Å². The zero-order chi connectivity index (χ0) is 22.8. The highest BCUT2D eigenvalue weighted by Gasteiger charge is 2.45. The van der Waals surface area contributed by atoms with Crippen molar-refractivity contribution in [1.29, 1.82) is 0 Å². The van der Waals surface area contributed by atoms with Gasteiger partial charge in [-0.15, -0.1) is 5.10 Å². The molecular formula is C24H21N3O5. The van der Waals surface area contributed by atoms with E-state index in [1.54, 1.807) is 74.7 Å². The smallest absolute Gasteiger partial charge is 0.295 e. The van der Waals surface area contributed by atoms with E-state index in [2.05, 4.69) is 10.2 Å². The average molecular weight is 431 g/mol. The number of aromatic nitrogens is 2. The van der Waals surface area contributed by atoms with Crippen LogP contribution in [0.15, 0.2) is 72.0 Å². The molecule has 0 saturated heterocycles. The van der Waals surface area contributed by atoms with E-state index >= 15 is 0 Å². The van der Waals surface area contributed by atoms with Crippen molar-refractivity contribution in [3.63, 3.8) is 0 Å². The number of nitrogens with zero attached hydrogens (tertiary/aromatic N) is 3. The number of ether oxygens (including phenoxy) is 2. The molecule has 2 heterocycles. The fraction of sp³-hybridized carbons (Fsp3) is 0.167. The van der Waals surface area contributed by atoms with Gasteiger partial charge >= 0.3 is 0 Å². The molecule has 0 spiro atoms. The number of rotatable bonds is 6. The summed E-state index contributed by atoms with van der Waals surface area (Å²) in [6.07, 6.45) is 0. The number of hydrogen-bond acceptors (Lipinski definition) is 7. The number of methoxy groups -OCH3 is 2. The normalized spacial score (nSPS) is 15.8. The quantitative estimate of drug-likeness (QED) is 0.595. The summed E-state index contributed by atoms with van der Waals surface area (Å²) in [5.41, 5.74) is 1.57. The average Bonchev–Trinajstić information content (AvgIpc) is 3.09. The zero-order valence-corrected chi connectivity index (χ0v) is 17.8. The van der Waals surface area contributed by atoms with Crippen molar-refractivity contribution in [2.45, 2.75) is 13.0 Å². The molecule has 0 bridgehead atoms. The molecule has 2 aromatic carbocycles. The summed E-state index contributed by atoms with van der Waals surface area (Å²) in [4.78, 5) is 27.8. The molecule has 8 nitrogen and oxygen atoms in total. The molecule has 1 N–H and O–H groups in total. The predicted octanol–water partition coefficient (Wildman–Crippen LogP) is 3.59. The number of aliphatic hydroxyl groups excluding tert-OH is 1. The first-order valence-electron chi connectivity index (χ1n) is 9.84. The van der Waals surface area contributed by atoms with Crippen LogP contribution in [-0.2, 0) is 4.79 Å². The first kappa shape index (κ1) is 21.0. The molecule has 32 heavy (non-hydrogen) atoms. The topological polar surface area (TPSA) is 102 Å². The Morgan fingerprint density at radius 2 is 1.50 bits per heavy atom. The largest absolute Gasteiger partial charge is 0.503 e. The lowest BCUT2D eigenvalue weighted by molar-refractivity contribution is -0.117. The van der Waals surface area contributed by atoms with Crippen LogP contribution < -0.4 is 14.4 Å². The van der Waals surface area contributed by atoms with Crippen molar-refractivity contribution in [2.24, 2.45) is 0 Å². The molecule has 0 saturated carbocycles. The van der Waals surface area contributed by atoms with Gasteiger partial charge in [0.05, 0.1) is 31.5 Å². The summed E-state index contributed by atoms with van der Waals surface area (Å²) in [7, 11) is 3.08. The van der Waals surface area contributed by atoms with Gasteiger partial charge in [0.25, 0.3) is 5.91 Å². The van der Waals surface area contributed by atoms with Gasteiger partial charge < -0.3 is 14.6 Å². The van der Waals surface area contributed by atoms with Gasteiger partial charge in [0.1, 0.15) is 11.5 Å². The minimum absolute atomic E-state index is 0.0345. The van der Waals surface area contributed by atoms with E-state index in [4.69, 9.17) is 9.47 Å². The molecule has 1 aliphatic rings. The predicted molar refractivity (Wildman–Crippen MR) is 117 cm³/mol. The van der Waals surface area contributed by atoms with Crippen molar-refractivity contribution in [3.8, 4) is 11.5 Å². The van der Waals surface area contributed by atoms with Gasteiger partial charge in [0.15, 0.2) is 17.4 Å². The van der Waals surface area contributed by atoms with Crippen molar-refractivity contribution < 1.29 is 24.2 Å². The van der Waals surface area contributed by atoms with E-state index < -0.39 is 23.5 Å². The second-order valence-electron chi connectivity index (χ2n) is 7.20. The number of carbonyl (C=O) groups is 2. The number of anilines is 1. The van der Waals surface area contributed by atoms with Crippen LogP contribution in [0.3, 0.4) is 0 Å². The van der Waals surface area contributed by atoms with Crippen molar-refractivity contribution in [3.05, 3.63) is 88.8 Å². The van der Waals surface area contributed by atoms with Gasteiger partial charge in [-0.25, -0.2) is 0 Å². The zero-order valence-electron chi connectivity index (χ0n) is 17.8. The van der Waals surface area contributed by atoms with Crippen LogP contribution in [0.5, 0.6) is 11.5 Å². The highest BCUT2D eigenvalue weighted by molar-refractivity contribution is 6.20. The summed E-state index contributed by atoms with van der Waals surface area (Å²) < 4.78 is 10.4. The molecule has 1 atom stereocenters. The summed E-state index contributed by atoms with van der Waals surface area (Å²) in [5.74, 6) is -0.372. The Labute approximate surface area is 184 Å². The molecule has 3 aromatic rings. The lowest BCUT2D eigenvalue weighted by Crippen LogP contribution is -2.32. The van der Waals surface area contributed by atoms with Gasteiger partial charge in [-0.05, 0) is 61.0 Å². The van der Waals surface area contributed by atoms with E-state index in [0.717, 1.165) is 0 Å². The Bertz CT molecular complexity index is 1190. The second kappa shape index (κ2) is 8.50. The second-order valence-corrected chi connectivity index (χ2v) is 7.20. The summed E-state index contributed by atoms with van der Waals surface area (Å²) >= 11 is 0. The number of aryl methyl sites for hydroxylation is 1. The van der Waals surface area contributed by atoms with Crippen molar-refractivity contribution in [2.75, 3.05) is 19.1 Å². The number of amides is 1. The third-order valence-electron chi connectivity index (χ3n) is 5.27. The Morgan fingerprint density at radius 1 is 0.906 bits per heavy atom. The Hall–Kier alpha value is -4.20. The molecule has 0 radical (unpaired) electrons. The van der Waals surface area contributed by atoms with E-state index in [1.807, 2.05) is 0 Å². The van der Waals surface area contributed by atoms with E-state index in [9.17, 15) is 14.7 Å². The van der Waals surface area contributed by atoms with Crippen LogP contribution in [0.4, 0.5) is 5.82 Å². The van der Waals surface area contributed by atoms with E-state index in [0.29, 0.717) is 28.3 Å². The molecule has 162 valence electrons. The maximum absolute atomic E-state index is 13.4. The Kier molecular flexibility index (Phi) is 5.59. The number of aliphatic hydroxyl groups is 1. The Morgan fingerprint density at radius 3 is 2.03 bits per heavy atom. The third-order valence-corrected chi connectivity index (χ3v) is 5.27. The standard InChI is InChI=1S/C24H21N3O5/c1-14-4-13-19(26-25-14)27-21(15-5-9-17(31-2)10-6-15)20(23(29)24(27)30)22(28)16-7-11-18(32-3)12-8-16/h4-13,21,29H,1-3H3. The number of carbonyl (C=O) groups excluding carboxylic acids is 2. The minimum atomic E-state index is -0.889. The molecular weight excluding hydrogens is 410 g/mol. The summed E-state index contributed by atoms with van der Waals surface area (Å²) in [6.45, 7) is 1.78. The fourth-order valence-corrected chi connectivity index (χ4v) is 3.59. The van der Waals surface area contributed by atoms with Crippen molar-refractivity contribution >= 4 is 17.5 Å². The van der Waals surface area contributed by atoms with E-state index in [-0.39, 0.29) is 11.4 Å².